The molecule has 2 N–H and O–H groups in total. The number of hydrogen-bond acceptors (Lipinski definition) is 5. The number of hydrogen-bond donors (Lipinski definition) is 2. The fourth-order valence-corrected chi connectivity index (χ4v) is 3.66. The lowest BCUT2D eigenvalue weighted by molar-refractivity contribution is -0.119. The van der Waals surface area contributed by atoms with Gasteiger partial charge in [0.1, 0.15) is 5.82 Å². The van der Waals surface area contributed by atoms with Crippen molar-refractivity contribution in [2.45, 2.75) is 24.7 Å². The number of benzene rings is 2. The third-order valence-corrected chi connectivity index (χ3v) is 5.22. The van der Waals surface area contributed by atoms with Crippen LogP contribution >= 0.6 is 11.8 Å². The minimum absolute atomic E-state index is 0.111. The minimum Gasteiger partial charge on any atom is -0.334 e. The summed E-state index contributed by atoms with van der Waals surface area (Å²) in [6.07, 6.45) is 1.78. The summed E-state index contributed by atoms with van der Waals surface area (Å²) in [7, 11) is 0. The molecule has 1 heterocycles. The lowest BCUT2D eigenvalue weighted by atomic mass is 10.2. The smallest absolute Gasteiger partial charge is 0.321 e. The van der Waals surface area contributed by atoms with Gasteiger partial charge in [-0.2, -0.15) is 0 Å². The Balaban J connectivity index is 1.52. The van der Waals surface area contributed by atoms with E-state index in [1.807, 2.05) is 30.3 Å². The van der Waals surface area contributed by atoms with Crippen molar-refractivity contribution < 1.29 is 14.0 Å². The molecule has 3 aromatic rings. The molecule has 0 aliphatic rings. The summed E-state index contributed by atoms with van der Waals surface area (Å²) in [4.78, 5) is 23.9. The molecule has 0 radical (unpaired) electrons. The summed E-state index contributed by atoms with van der Waals surface area (Å²) in [5, 5.41) is 13.7. The van der Waals surface area contributed by atoms with Gasteiger partial charge >= 0.3 is 6.03 Å². The van der Waals surface area contributed by atoms with Crippen molar-refractivity contribution in [3.63, 3.8) is 0 Å². The highest BCUT2D eigenvalue weighted by Crippen LogP contribution is 2.26. The predicted octanol–water partition coefficient (Wildman–Crippen LogP) is 3.78. The first-order valence-corrected chi connectivity index (χ1v) is 10.6. The summed E-state index contributed by atoms with van der Waals surface area (Å²) in [5.74, 6) is -0.0188. The first kappa shape index (κ1) is 22.2. The van der Waals surface area contributed by atoms with E-state index in [0.717, 1.165) is 5.56 Å². The van der Waals surface area contributed by atoms with E-state index in [1.54, 1.807) is 28.8 Å². The van der Waals surface area contributed by atoms with Gasteiger partial charge in [0.2, 0.25) is 5.91 Å². The molecule has 0 saturated carbocycles. The SMILES string of the molecule is C=CCn1c(SCCC(=O)NC(=O)NCc2ccccc2)nnc1-c1ccccc1F. The van der Waals surface area contributed by atoms with E-state index in [0.29, 0.717) is 35.4 Å². The van der Waals surface area contributed by atoms with Crippen LogP contribution in [0.5, 0.6) is 0 Å². The normalized spacial score (nSPS) is 10.5. The maximum atomic E-state index is 14.2. The van der Waals surface area contributed by atoms with Crippen LogP contribution in [0.2, 0.25) is 0 Å². The predicted molar refractivity (Wildman–Crippen MR) is 118 cm³/mol. The molecule has 31 heavy (non-hydrogen) atoms. The van der Waals surface area contributed by atoms with E-state index in [1.165, 1.54) is 17.8 Å². The average Bonchev–Trinajstić information content (AvgIpc) is 3.16. The van der Waals surface area contributed by atoms with E-state index < -0.39 is 17.8 Å². The van der Waals surface area contributed by atoms with Gasteiger partial charge in [0, 0.05) is 25.3 Å². The first-order valence-electron chi connectivity index (χ1n) is 9.62. The summed E-state index contributed by atoms with van der Waals surface area (Å²) < 4.78 is 15.9. The summed E-state index contributed by atoms with van der Waals surface area (Å²) in [5.41, 5.74) is 1.28. The maximum absolute atomic E-state index is 14.2. The lowest BCUT2D eigenvalue weighted by Gasteiger charge is -2.09. The molecule has 0 aliphatic heterocycles. The zero-order valence-electron chi connectivity index (χ0n) is 16.8. The van der Waals surface area contributed by atoms with E-state index in [9.17, 15) is 14.0 Å². The molecule has 1 aromatic heterocycles. The van der Waals surface area contributed by atoms with Crippen LogP contribution in [0.3, 0.4) is 0 Å². The molecule has 0 bridgehead atoms. The van der Waals surface area contributed by atoms with Gasteiger partial charge in [-0.1, -0.05) is 60.3 Å². The largest absolute Gasteiger partial charge is 0.334 e. The van der Waals surface area contributed by atoms with E-state index in [2.05, 4.69) is 27.4 Å². The molecule has 160 valence electrons. The van der Waals surface area contributed by atoms with Crippen molar-refractivity contribution in [3.8, 4) is 11.4 Å². The monoisotopic (exact) mass is 439 g/mol. The Morgan fingerprint density at radius 1 is 1.10 bits per heavy atom. The molecule has 0 aliphatic carbocycles. The highest BCUT2D eigenvalue weighted by Gasteiger charge is 2.17. The second kappa shape index (κ2) is 11.1. The first-order chi connectivity index (χ1) is 15.1. The maximum Gasteiger partial charge on any atom is 0.321 e. The fraction of sp³-hybridized carbons (Fsp3) is 0.182. The van der Waals surface area contributed by atoms with Crippen molar-refractivity contribution in [3.05, 3.63) is 78.6 Å². The van der Waals surface area contributed by atoms with Gasteiger partial charge in [-0.15, -0.1) is 16.8 Å². The van der Waals surface area contributed by atoms with Crippen LogP contribution in [0.25, 0.3) is 11.4 Å². The van der Waals surface area contributed by atoms with E-state index >= 15 is 0 Å². The number of carbonyl (C=O) groups is 2. The highest BCUT2D eigenvalue weighted by atomic mass is 32.2. The Kier molecular flexibility index (Phi) is 7.94. The summed E-state index contributed by atoms with van der Waals surface area (Å²) >= 11 is 1.30. The van der Waals surface area contributed by atoms with Crippen molar-refractivity contribution in [1.29, 1.82) is 0 Å². The molecular weight excluding hydrogens is 417 g/mol. The number of carbonyl (C=O) groups excluding carboxylic acids is 2. The van der Waals surface area contributed by atoms with Crippen LogP contribution in [0.1, 0.15) is 12.0 Å². The highest BCUT2D eigenvalue weighted by molar-refractivity contribution is 7.99. The lowest BCUT2D eigenvalue weighted by Crippen LogP contribution is -2.39. The number of halogens is 1. The van der Waals surface area contributed by atoms with Crippen molar-refractivity contribution >= 4 is 23.7 Å². The van der Waals surface area contributed by atoms with Crippen LogP contribution < -0.4 is 10.6 Å². The Bertz CT molecular complexity index is 1060. The Morgan fingerprint density at radius 2 is 1.84 bits per heavy atom. The quantitative estimate of drug-likeness (QED) is 0.391. The van der Waals surface area contributed by atoms with Crippen LogP contribution in [0, 0.1) is 5.82 Å². The molecule has 0 unspecified atom stereocenters. The minimum atomic E-state index is -0.546. The van der Waals surface area contributed by atoms with Crippen molar-refractivity contribution in [1.82, 2.24) is 25.4 Å². The number of thioether (sulfide) groups is 1. The molecule has 0 atom stereocenters. The number of imide groups is 1. The number of aromatic nitrogens is 3. The van der Waals surface area contributed by atoms with Crippen molar-refractivity contribution in [2.75, 3.05) is 5.75 Å². The van der Waals surface area contributed by atoms with Gasteiger partial charge in [-0.05, 0) is 17.7 Å². The topological polar surface area (TPSA) is 88.9 Å². The molecule has 7 nitrogen and oxygen atoms in total. The molecule has 2 aromatic carbocycles. The second-order valence-corrected chi connectivity index (χ2v) is 7.56. The second-order valence-electron chi connectivity index (χ2n) is 6.50. The van der Waals surface area contributed by atoms with Gasteiger partial charge in [-0.3, -0.25) is 14.7 Å². The molecule has 0 spiro atoms. The Hall–Kier alpha value is -3.46. The molecule has 3 rings (SSSR count). The zero-order chi connectivity index (χ0) is 22.1. The standard InChI is InChI=1S/C22H22FN5O2S/c1-2-13-28-20(17-10-6-7-11-18(17)23)26-27-22(28)31-14-12-19(29)25-21(30)24-15-16-8-4-3-5-9-16/h2-11H,1,12-15H2,(H2,24,25,29,30). The number of amides is 3. The van der Waals surface area contributed by atoms with Gasteiger partial charge in [0.15, 0.2) is 11.0 Å². The van der Waals surface area contributed by atoms with Crippen LogP contribution in [0.4, 0.5) is 9.18 Å². The number of allylic oxidation sites excluding steroid dienone is 1. The third kappa shape index (κ3) is 6.26. The fourth-order valence-electron chi connectivity index (χ4n) is 2.78. The number of nitrogens with one attached hydrogen (secondary N) is 2. The summed E-state index contributed by atoms with van der Waals surface area (Å²) in [6.45, 7) is 4.45. The Labute approximate surface area is 183 Å². The molecule has 0 fully saturated rings. The third-order valence-electron chi connectivity index (χ3n) is 4.25. The number of rotatable bonds is 9. The van der Waals surface area contributed by atoms with Gasteiger partial charge in [-0.25, -0.2) is 9.18 Å². The van der Waals surface area contributed by atoms with Crippen LogP contribution in [0.15, 0.2) is 72.4 Å². The van der Waals surface area contributed by atoms with Crippen molar-refractivity contribution in [2.24, 2.45) is 0 Å². The van der Waals surface area contributed by atoms with E-state index in [-0.39, 0.29) is 6.42 Å². The summed E-state index contributed by atoms with van der Waals surface area (Å²) in [6, 6.07) is 15.2. The molecule has 0 saturated heterocycles. The van der Waals surface area contributed by atoms with E-state index in [4.69, 9.17) is 0 Å². The number of nitrogens with zero attached hydrogens (tertiary/aromatic N) is 3. The zero-order valence-corrected chi connectivity index (χ0v) is 17.6. The number of urea groups is 1. The molecule has 3 amide bonds. The molecule has 9 heteroatoms. The van der Waals surface area contributed by atoms with Gasteiger partial charge < -0.3 is 5.32 Å². The Morgan fingerprint density at radius 3 is 2.58 bits per heavy atom. The van der Waals surface area contributed by atoms with Gasteiger partial charge in [0.05, 0.1) is 5.56 Å². The van der Waals surface area contributed by atoms with Crippen LogP contribution in [-0.4, -0.2) is 32.5 Å². The van der Waals surface area contributed by atoms with Gasteiger partial charge in [0.25, 0.3) is 0 Å². The molecular formula is C22H22FN5O2S. The average molecular weight is 440 g/mol. The van der Waals surface area contributed by atoms with Crippen LogP contribution in [-0.2, 0) is 17.9 Å².